The SMILES string of the molecule is Cc1ccccc1C(=O)On1c(-c2ccc(Cl)c([N+](=O)[O-])c2)nc2ccccc2c1=O. The van der Waals surface area contributed by atoms with Crippen LogP contribution in [0.25, 0.3) is 22.3 Å². The van der Waals surface area contributed by atoms with Gasteiger partial charge in [-0.25, -0.2) is 9.78 Å². The van der Waals surface area contributed by atoms with E-state index in [4.69, 9.17) is 16.4 Å². The van der Waals surface area contributed by atoms with E-state index in [0.717, 1.165) is 4.73 Å². The van der Waals surface area contributed by atoms with Crippen LogP contribution in [0.5, 0.6) is 0 Å². The Morgan fingerprint density at radius 1 is 1.10 bits per heavy atom. The van der Waals surface area contributed by atoms with Gasteiger partial charge in [0.15, 0.2) is 5.82 Å². The van der Waals surface area contributed by atoms with Crippen molar-refractivity contribution in [3.63, 3.8) is 0 Å². The number of para-hydroxylation sites is 1. The van der Waals surface area contributed by atoms with Gasteiger partial charge in [-0.1, -0.05) is 41.9 Å². The Morgan fingerprint density at radius 2 is 1.81 bits per heavy atom. The molecule has 4 aromatic rings. The van der Waals surface area contributed by atoms with E-state index in [0.29, 0.717) is 11.1 Å². The third-order valence-corrected chi connectivity index (χ3v) is 5.00. The maximum atomic E-state index is 13.1. The molecular weight excluding hydrogens is 422 g/mol. The second-order valence-electron chi connectivity index (χ2n) is 6.67. The summed E-state index contributed by atoms with van der Waals surface area (Å²) in [7, 11) is 0. The summed E-state index contributed by atoms with van der Waals surface area (Å²) in [4.78, 5) is 46.5. The van der Waals surface area contributed by atoms with Gasteiger partial charge in [-0.2, -0.15) is 0 Å². The molecule has 0 amide bonds. The summed E-state index contributed by atoms with van der Waals surface area (Å²) in [6, 6.07) is 17.3. The molecule has 0 fully saturated rings. The quantitative estimate of drug-likeness (QED) is 0.351. The molecule has 0 aliphatic carbocycles. The molecule has 0 unspecified atom stereocenters. The second-order valence-corrected chi connectivity index (χ2v) is 7.08. The van der Waals surface area contributed by atoms with E-state index < -0.39 is 16.5 Å². The number of rotatable bonds is 4. The molecule has 0 radical (unpaired) electrons. The lowest BCUT2D eigenvalue weighted by atomic mass is 10.1. The molecule has 1 aromatic heterocycles. The standard InChI is InChI=1S/C22H14ClN3O5/c1-13-6-2-3-7-15(13)22(28)31-25-20(14-10-11-17(23)19(12-14)26(29)30)24-18-9-5-4-8-16(18)21(25)27/h2-12H,1H3. The van der Waals surface area contributed by atoms with Gasteiger partial charge >= 0.3 is 5.97 Å². The first-order valence-corrected chi connectivity index (χ1v) is 9.49. The third-order valence-electron chi connectivity index (χ3n) is 4.68. The van der Waals surface area contributed by atoms with Gasteiger partial charge in [0, 0.05) is 11.6 Å². The summed E-state index contributed by atoms with van der Waals surface area (Å²) in [5, 5.41) is 11.5. The van der Waals surface area contributed by atoms with Crippen LogP contribution in [0, 0.1) is 17.0 Å². The number of nitrogens with zero attached hydrogens (tertiary/aromatic N) is 3. The van der Waals surface area contributed by atoms with Crippen molar-refractivity contribution in [1.29, 1.82) is 0 Å². The Labute approximate surface area is 180 Å². The van der Waals surface area contributed by atoms with Crippen LogP contribution < -0.4 is 10.4 Å². The van der Waals surface area contributed by atoms with Gasteiger partial charge in [0.2, 0.25) is 0 Å². The molecule has 0 aliphatic rings. The van der Waals surface area contributed by atoms with Crippen molar-refractivity contribution in [2.75, 3.05) is 0 Å². The van der Waals surface area contributed by atoms with Crippen molar-refractivity contribution < 1.29 is 14.6 Å². The highest BCUT2D eigenvalue weighted by Gasteiger charge is 2.21. The highest BCUT2D eigenvalue weighted by atomic mass is 35.5. The smallest absolute Gasteiger partial charge is 0.326 e. The summed E-state index contributed by atoms with van der Waals surface area (Å²) in [6.45, 7) is 1.74. The molecule has 0 spiro atoms. The van der Waals surface area contributed by atoms with Crippen LogP contribution in [0.15, 0.2) is 71.5 Å². The number of benzene rings is 3. The molecular formula is C22H14ClN3O5. The fraction of sp³-hybridized carbons (Fsp3) is 0.0455. The van der Waals surface area contributed by atoms with Crippen molar-refractivity contribution in [1.82, 2.24) is 9.71 Å². The van der Waals surface area contributed by atoms with E-state index >= 15 is 0 Å². The normalized spacial score (nSPS) is 10.8. The first-order valence-electron chi connectivity index (χ1n) is 9.11. The lowest BCUT2D eigenvalue weighted by molar-refractivity contribution is -0.384. The number of aryl methyl sites for hydroxylation is 1. The number of nitro groups is 1. The summed E-state index contributed by atoms with van der Waals surface area (Å²) < 4.78 is 0.754. The van der Waals surface area contributed by atoms with E-state index in [1.54, 1.807) is 55.5 Å². The summed E-state index contributed by atoms with van der Waals surface area (Å²) in [6.07, 6.45) is 0. The van der Waals surface area contributed by atoms with Crippen molar-refractivity contribution in [2.45, 2.75) is 6.92 Å². The molecule has 9 heteroatoms. The molecule has 154 valence electrons. The van der Waals surface area contributed by atoms with Crippen LogP contribution in [0.4, 0.5) is 5.69 Å². The molecule has 0 aliphatic heterocycles. The maximum absolute atomic E-state index is 13.1. The molecule has 0 saturated carbocycles. The third kappa shape index (κ3) is 3.76. The first-order chi connectivity index (χ1) is 14.9. The van der Waals surface area contributed by atoms with E-state index in [1.165, 1.54) is 18.2 Å². The summed E-state index contributed by atoms with van der Waals surface area (Å²) >= 11 is 5.91. The van der Waals surface area contributed by atoms with E-state index in [1.807, 2.05) is 0 Å². The zero-order valence-electron chi connectivity index (χ0n) is 16.1. The fourth-order valence-corrected chi connectivity index (χ4v) is 3.30. The molecule has 8 nitrogen and oxygen atoms in total. The lowest BCUT2D eigenvalue weighted by Crippen LogP contribution is -2.33. The van der Waals surface area contributed by atoms with Crippen molar-refractivity contribution in [2.24, 2.45) is 0 Å². The zero-order chi connectivity index (χ0) is 22.1. The highest BCUT2D eigenvalue weighted by molar-refractivity contribution is 6.32. The number of fused-ring (bicyclic) bond motifs is 1. The van der Waals surface area contributed by atoms with E-state index in [9.17, 15) is 19.7 Å². The van der Waals surface area contributed by atoms with Gasteiger partial charge in [-0.3, -0.25) is 14.9 Å². The minimum Gasteiger partial charge on any atom is -0.326 e. The summed E-state index contributed by atoms with van der Waals surface area (Å²) in [5.74, 6) is -0.826. The minimum absolute atomic E-state index is 0.0644. The topological polar surface area (TPSA) is 104 Å². The number of nitro benzene ring substituents is 1. The van der Waals surface area contributed by atoms with E-state index in [-0.39, 0.29) is 33.0 Å². The molecule has 0 saturated heterocycles. The van der Waals surface area contributed by atoms with Gasteiger partial charge in [-0.15, -0.1) is 4.73 Å². The van der Waals surface area contributed by atoms with Crippen LogP contribution in [-0.2, 0) is 0 Å². The predicted molar refractivity (Wildman–Crippen MR) is 115 cm³/mol. The van der Waals surface area contributed by atoms with Crippen LogP contribution in [0.3, 0.4) is 0 Å². The number of carbonyl (C=O) groups excluding carboxylic acids is 1. The van der Waals surface area contributed by atoms with Crippen molar-refractivity contribution in [3.05, 3.63) is 103 Å². The Hall–Kier alpha value is -4.04. The van der Waals surface area contributed by atoms with E-state index in [2.05, 4.69) is 4.98 Å². The molecule has 0 N–H and O–H groups in total. The number of aromatic nitrogens is 2. The first kappa shape index (κ1) is 20.2. The monoisotopic (exact) mass is 435 g/mol. The molecule has 1 heterocycles. The van der Waals surface area contributed by atoms with Crippen molar-refractivity contribution >= 4 is 34.2 Å². The van der Waals surface area contributed by atoms with Crippen LogP contribution in [-0.4, -0.2) is 20.6 Å². The van der Waals surface area contributed by atoms with Gasteiger partial charge < -0.3 is 4.84 Å². The van der Waals surface area contributed by atoms with Gasteiger partial charge in [-0.05, 0) is 42.8 Å². The number of carbonyl (C=O) groups is 1. The lowest BCUT2D eigenvalue weighted by Gasteiger charge is -2.14. The Kier molecular flexibility index (Phi) is 5.22. The fourth-order valence-electron chi connectivity index (χ4n) is 3.11. The highest BCUT2D eigenvalue weighted by Crippen LogP contribution is 2.29. The Bertz CT molecular complexity index is 1410. The molecule has 0 atom stereocenters. The van der Waals surface area contributed by atoms with Gasteiger partial charge in [0.05, 0.1) is 21.4 Å². The van der Waals surface area contributed by atoms with Crippen LogP contribution in [0.2, 0.25) is 5.02 Å². The largest absolute Gasteiger partial charge is 0.364 e. The Balaban J connectivity index is 1.94. The molecule has 3 aromatic carbocycles. The van der Waals surface area contributed by atoms with Gasteiger partial charge in [0.25, 0.3) is 11.2 Å². The average molecular weight is 436 g/mol. The summed E-state index contributed by atoms with van der Waals surface area (Å²) in [5.41, 5.74) is 0.492. The van der Waals surface area contributed by atoms with Crippen LogP contribution >= 0.6 is 11.6 Å². The molecule has 0 bridgehead atoms. The minimum atomic E-state index is -0.762. The number of hydrogen-bond donors (Lipinski definition) is 0. The second kappa shape index (κ2) is 8.00. The average Bonchev–Trinajstić information content (AvgIpc) is 2.76. The zero-order valence-corrected chi connectivity index (χ0v) is 16.9. The Morgan fingerprint density at radius 3 is 2.55 bits per heavy atom. The maximum Gasteiger partial charge on any atom is 0.364 e. The number of halogens is 1. The van der Waals surface area contributed by atoms with Crippen LogP contribution in [0.1, 0.15) is 15.9 Å². The molecule has 31 heavy (non-hydrogen) atoms. The number of hydrogen-bond acceptors (Lipinski definition) is 6. The van der Waals surface area contributed by atoms with Crippen molar-refractivity contribution in [3.8, 4) is 11.4 Å². The molecule has 4 rings (SSSR count). The predicted octanol–water partition coefficient (Wildman–Crippen LogP) is 4.20. The van der Waals surface area contributed by atoms with Gasteiger partial charge in [0.1, 0.15) is 5.02 Å².